The minimum atomic E-state index is -0.468. The highest BCUT2D eigenvalue weighted by Gasteiger charge is 2.17. The van der Waals surface area contributed by atoms with Crippen molar-refractivity contribution in [1.29, 1.82) is 0 Å². The molecule has 0 unspecified atom stereocenters. The highest BCUT2D eigenvalue weighted by molar-refractivity contribution is 6.37. The summed E-state index contributed by atoms with van der Waals surface area (Å²) >= 11 is 12.6. The normalized spacial score (nSPS) is 11.5. The molecule has 0 atom stereocenters. The van der Waals surface area contributed by atoms with Gasteiger partial charge in [-0.3, -0.25) is 9.63 Å². The van der Waals surface area contributed by atoms with Crippen LogP contribution in [0.2, 0.25) is 10.0 Å². The first-order valence-electron chi connectivity index (χ1n) is 8.23. The van der Waals surface area contributed by atoms with Crippen LogP contribution >= 0.6 is 23.2 Å². The van der Waals surface area contributed by atoms with Crippen LogP contribution in [0.1, 0.15) is 33.3 Å². The number of amides is 1. The van der Waals surface area contributed by atoms with Crippen molar-refractivity contribution in [3.05, 3.63) is 33.8 Å². The van der Waals surface area contributed by atoms with Gasteiger partial charge in [0.2, 0.25) is 6.41 Å². The smallest absolute Gasteiger partial charge is 0.254 e. The predicted molar refractivity (Wildman–Crippen MR) is 100 cm³/mol. The standard InChI is InChI=1S/C18H22Cl2N2O4/c1-5-12-14(19)7-6-13(17(12)20)15-10-16(21-25-15)24-9-8-22(11-23)26-18(2,3)4/h6-7,10-11H,5,8-9H2,1-4H3. The van der Waals surface area contributed by atoms with Crippen molar-refractivity contribution in [2.24, 2.45) is 0 Å². The van der Waals surface area contributed by atoms with E-state index >= 15 is 0 Å². The molecule has 0 spiro atoms. The number of nitrogens with zero attached hydrogens (tertiary/aromatic N) is 2. The van der Waals surface area contributed by atoms with Crippen LogP contribution in [-0.2, 0) is 16.1 Å². The lowest BCUT2D eigenvalue weighted by Gasteiger charge is -2.26. The zero-order valence-electron chi connectivity index (χ0n) is 15.2. The van der Waals surface area contributed by atoms with E-state index in [9.17, 15) is 4.79 Å². The SMILES string of the molecule is CCc1c(Cl)ccc(-c2cc(OCCN(C=O)OC(C)(C)C)no2)c1Cl. The quantitative estimate of drug-likeness (QED) is 0.471. The number of aromatic nitrogens is 1. The summed E-state index contributed by atoms with van der Waals surface area (Å²) in [5.74, 6) is 0.778. The summed E-state index contributed by atoms with van der Waals surface area (Å²) in [7, 11) is 0. The molecule has 0 aliphatic rings. The Bertz CT molecular complexity index is 756. The number of ether oxygens (including phenoxy) is 1. The van der Waals surface area contributed by atoms with Crippen molar-refractivity contribution in [1.82, 2.24) is 10.2 Å². The van der Waals surface area contributed by atoms with Crippen LogP contribution in [-0.4, -0.2) is 35.4 Å². The molecule has 1 aromatic carbocycles. The minimum Gasteiger partial charge on any atom is -0.474 e. The van der Waals surface area contributed by atoms with Gasteiger partial charge in [0.05, 0.1) is 17.2 Å². The van der Waals surface area contributed by atoms with Gasteiger partial charge in [0.15, 0.2) is 5.76 Å². The van der Waals surface area contributed by atoms with Crippen molar-refractivity contribution in [3.8, 4) is 17.2 Å². The van der Waals surface area contributed by atoms with E-state index < -0.39 is 5.60 Å². The van der Waals surface area contributed by atoms with Gasteiger partial charge in [-0.2, -0.15) is 0 Å². The summed E-state index contributed by atoms with van der Waals surface area (Å²) in [5, 5.41) is 6.21. The third kappa shape index (κ3) is 5.37. The van der Waals surface area contributed by atoms with E-state index in [1.165, 1.54) is 5.06 Å². The fraction of sp³-hybridized carbons (Fsp3) is 0.444. The highest BCUT2D eigenvalue weighted by atomic mass is 35.5. The Kier molecular flexibility index (Phi) is 6.92. The molecule has 0 bridgehead atoms. The second-order valence-corrected chi connectivity index (χ2v) is 7.35. The molecule has 1 aromatic heterocycles. The van der Waals surface area contributed by atoms with Crippen molar-refractivity contribution in [2.75, 3.05) is 13.2 Å². The number of carbonyl (C=O) groups is 1. The molecule has 0 radical (unpaired) electrons. The second-order valence-electron chi connectivity index (χ2n) is 6.57. The number of halogens is 2. The molecular formula is C18H22Cl2N2O4. The molecule has 1 amide bonds. The van der Waals surface area contributed by atoms with Gasteiger partial charge in [0, 0.05) is 16.7 Å². The first-order chi connectivity index (χ1) is 12.2. The van der Waals surface area contributed by atoms with Gasteiger partial charge in [-0.15, -0.1) is 0 Å². The number of rotatable bonds is 8. The van der Waals surface area contributed by atoms with Gasteiger partial charge < -0.3 is 9.26 Å². The van der Waals surface area contributed by atoms with Crippen molar-refractivity contribution < 1.29 is 18.9 Å². The molecule has 0 fully saturated rings. The Morgan fingerprint density at radius 1 is 1.31 bits per heavy atom. The predicted octanol–water partition coefficient (Wildman–Crippen LogP) is 4.78. The maximum Gasteiger partial charge on any atom is 0.254 e. The first-order valence-corrected chi connectivity index (χ1v) is 8.98. The van der Waals surface area contributed by atoms with Crippen LogP contribution in [0.15, 0.2) is 22.7 Å². The highest BCUT2D eigenvalue weighted by Crippen LogP contribution is 2.36. The maximum atomic E-state index is 11.0. The van der Waals surface area contributed by atoms with Crippen LogP contribution < -0.4 is 4.74 Å². The van der Waals surface area contributed by atoms with E-state index in [4.69, 9.17) is 37.3 Å². The topological polar surface area (TPSA) is 64.8 Å². The summed E-state index contributed by atoms with van der Waals surface area (Å²) in [6.07, 6.45) is 1.32. The number of hydrogen-bond donors (Lipinski definition) is 0. The molecule has 26 heavy (non-hydrogen) atoms. The Morgan fingerprint density at radius 3 is 2.65 bits per heavy atom. The van der Waals surface area contributed by atoms with Gasteiger partial charge >= 0.3 is 0 Å². The lowest BCUT2D eigenvalue weighted by Crippen LogP contribution is -2.35. The molecule has 0 saturated heterocycles. The molecule has 2 aromatic rings. The van der Waals surface area contributed by atoms with Crippen LogP contribution in [0.3, 0.4) is 0 Å². The summed E-state index contributed by atoms with van der Waals surface area (Å²) in [6.45, 7) is 8.00. The lowest BCUT2D eigenvalue weighted by atomic mass is 10.1. The van der Waals surface area contributed by atoms with Gasteiger partial charge in [0.25, 0.3) is 5.88 Å². The maximum absolute atomic E-state index is 11.0. The monoisotopic (exact) mass is 400 g/mol. The molecule has 0 aliphatic heterocycles. The molecule has 6 nitrogen and oxygen atoms in total. The van der Waals surface area contributed by atoms with Gasteiger partial charge in [0.1, 0.15) is 6.61 Å². The van der Waals surface area contributed by atoms with Crippen LogP contribution in [0.4, 0.5) is 0 Å². The van der Waals surface area contributed by atoms with E-state index in [0.717, 1.165) is 5.56 Å². The Hall–Kier alpha value is -1.76. The zero-order chi connectivity index (χ0) is 19.3. The minimum absolute atomic E-state index is 0.204. The number of hydrogen-bond acceptors (Lipinski definition) is 5. The molecular weight excluding hydrogens is 379 g/mol. The van der Waals surface area contributed by atoms with Crippen molar-refractivity contribution in [2.45, 2.75) is 39.7 Å². The number of carbonyl (C=O) groups excluding carboxylic acids is 1. The van der Waals surface area contributed by atoms with Gasteiger partial charge in [-0.1, -0.05) is 30.1 Å². The largest absolute Gasteiger partial charge is 0.474 e. The number of benzene rings is 1. The molecule has 0 N–H and O–H groups in total. The van der Waals surface area contributed by atoms with E-state index in [0.29, 0.717) is 40.1 Å². The van der Waals surface area contributed by atoms with E-state index in [1.807, 2.05) is 27.7 Å². The van der Waals surface area contributed by atoms with E-state index in [2.05, 4.69) is 5.16 Å². The first kappa shape index (κ1) is 20.6. The van der Waals surface area contributed by atoms with Gasteiger partial charge in [-0.25, -0.2) is 5.06 Å². The molecule has 0 saturated carbocycles. The number of hydroxylamine groups is 2. The molecule has 2 rings (SSSR count). The fourth-order valence-corrected chi connectivity index (χ4v) is 3.01. The average Bonchev–Trinajstić information content (AvgIpc) is 3.02. The molecule has 142 valence electrons. The summed E-state index contributed by atoms with van der Waals surface area (Å²) in [4.78, 5) is 16.5. The third-order valence-corrected chi connectivity index (χ3v) is 4.15. The van der Waals surface area contributed by atoms with Crippen molar-refractivity contribution >= 4 is 29.6 Å². The van der Waals surface area contributed by atoms with E-state index in [1.54, 1.807) is 18.2 Å². The third-order valence-electron chi connectivity index (χ3n) is 3.36. The molecule has 1 heterocycles. The lowest BCUT2D eigenvalue weighted by molar-refractivity contribution is -0.217. The summed E-state index contributed by atoms with van der Waals surface area (Å²) in [6, 6.07) is 5.19. The molecule has 8 heteroatoms. The Labute approximate surface area is 162 Å². The van der Waals surface area contributed by atoms with Crippen molar-refractivity contribution in [3.63, 3.8) is 0 Å². The van der Waals surface area contributed by atoms with Crippen LogP contribution in [0, 0.1) is 0 Å². The summed E-state index contributed by atoms with van der Waals surface area (Å²) in [5.41, 5.74) is 1.08. The summed E-state index contributed by atoms with van der Waals surface area (Å²) < 4.78 is 10.8. The Morgan fingerprint density at radius 2 is 2.04 bits per heavy atom. The van der Waals surface area contributed by atoms with Crippen LogP contribution in [0.25, 0.3) is 11.3 Å². The second kappa shape index (κ2) is 8.75. The zero-order valence-corrected chi connectivity index (χ0v) is 16.7. The molecule has 0 aliphatic carbocycles. The average molecular weight is 401 g/mol. The van der Waals surface area contributed by atoms with Gasteiger partial charge in [-0.05, 0) is 50.0 Å². The van der Waals surface area contributed by atoms with E-state index in [-0.39, 0.29) is 13.2 Å². The Balaban J connectivity index is 2.01. The van der Waals surface area contributed by atoms with Crippen LogP contribution in [0.5, 0.6) is 5.88 Å². The fourth-order valence-electron chi connectivity index (χ4n) is 2.28.